The van der Waals surface area contributed by atoms with E-state index in [-0.39, 0.29) is 19.4 Å². The van der Waals surface area contributed by atoms with Gasteiger partial charge in [-0.1, -0.05) is 17.7 Å². The molecule has 2 rings (SSSR count). The van der Waals surface area contributed by atoms with E-state index in [9.17, 15) is 22.8 Å². The van der Waals surface area contributed by atoms with Crippen LogP contribution in [0.25, 0.3) is 0 Å². The Morgan fingerprint density at radius 2 is 2.08 bits per heavy atom. The van der Waals surface area contributed by atoms with Gasteiger partial charge in [-0.2, -0.15) is 13.2 Å². The number of hydrogen-bond acceptors (Lipinski definition) is 3. The van der Waals surface area contributed by atoms with Gasteiger partial charge in [-0.3, -0.25) is 9.59 Å². The zero-order chi connectivity index (χ0) is 18.8. The molecule has 25 heavy (non-hydrogen) atoms. The lowest BCUT2D eigenvalue weighted by molar-refractivity contribution is -0.227. The molecule has 1 atom stereocenters. The SMILES string of the molecule is COc1ccc(CCC(=O)N2CCC(C(=O)O)(C(F)(F)F)C2)cc1Cl. The third-order valence-electron chi connectivity index (χ3n) is 4.42. The van der Waals surface area contributed by atoms with Gasteiger partial charge in [0.1, 0.15) is 5.75 Å². The number of alkyl halides is 3. The lowest BCUT2D eigenvalue weighted by atomic mass is 9.86. The van der Waals surface area contributed by atoms with Crippen molar-refractivity contribution in [3.05, 3.63) is 28.8 Å². The van der Waals surface area contributed by atoms with Crippen molar-refractivity contribution >= 4 is 23.5 Å². The van der Waals surface area contributed by atoms with Crippen LogP contribution in [0.15, 0.2) is 18.2 Å². The molecule has 0 saturated carbocycles. The van der Waals surface area contributed by atoms with Gasteiger partial charge in [0.25, 0.3) is 0 Å². The number of aryl methyl sites for hydroxylation is 1. The fourth-order valence-corrected chi connectivity index (χ4v) is 3.10. The largest absolute Gasteiger partial charge is 0.495 e. The van der Waals surface area contributed by atoms with Crippen LogP contribution in [0.4, 0.5) is 13.2 Å². The number of likely N-dealkylation sites (tertiary alicyclic amines) is 1. The predicted molar refractivity (Wildman–Crippen MR) is 83.6 cm³/mol. The minimum Gasteiger partial charge on any atom is -0.495 e. The molecule has 1 heterocycles. The van der Waals surface area contributed by atoms with E-state index in [0.717, 1.165) is 10.5 Å². The molecular weight excluding hydrogens is 363 g/mol. The maximum Gasteiger partial charge on any atom is 0.406 e. The molecule has 1 N–H and O–H groups in total. The number of benzene rings is 1. The quantitative estimate of drug-likeness (QED) is 0.853. The van der Waals surface area contributed by atoms with Gasteiger partial charge in [0, 0.05) is 19.5 Å². The van der Waals surface area contributed by atoms with E-state index in [2.05, 4.69) is 0 Å². The first-order valence-electron chi connectivity index (χ1n) is 7.51. The number of carboxylic acids is 1. The Labute approximate surface area is 147 Å². The highest BCUT2D eigenvalue weighted by Crippen LogP contribution is 2.45. The number of carboxylic acid groups (broad SMARTS) is 1. The average molecular weight is 380 g/mol. The summed E-state index contributed by atoms with van der Waals surface area (Å²) in [4.78, 5) is 24.3. The van der Waals surface area contributed by atoms with Gasteiger partial charge >= 0.3 is 12.1 Å². The minimum atomic E-state index is -4.91. The summed E-state index contributed by atoms with van der Waals surface area (Å²) in [7, 11) is 1.47. The van der Waals surface area contributed by atoms with Crippen LogP contribution in [0, 0.1) is 5.41 Å². The summed E-state index contributed by atoms with van der Waals surface area (Å²) in [6.07, 6.45) is -5.29. The number of ether oxygens (including phenoxy) is 1. The van der Waals surface area contributed by atoms with Crippen molar-refractivity contribution in [2.24, 2.45) is 5.41 Å². The van der Waals surface area contributed by atoms with E-state index in [4.69, 9.17) is 21.4 Å². The first-order chi connectivity index (χ1) is 11.6. The Kier molecular flexibility index (Phi) is 5.51. The standard InChI is InChI=1S/C16H17ClF3NO4/c1-25-12-4-2-10(8-11(12)17)3-5-13(22)21-7-6-15(9-21,14(23)24)16(18,19)20/h2,4,8H,3,5-7,9H2,1H3,(H,23,24). The Balaban J connectivity index is 2.01. The van der Waals surface area contributed by atoms with E-state index in [1.165, 1.54) is 7.11 Å². The van der Waals surface area contributed by atoms with Gasteiger partial charge in [0.15, 0.2) is 5.41 Å². The van der Waals surface area contributed by atoms with Crippen molar-refractivity contribution in [3.63, 3.8) is 0 Å². The summed E-state index contributed by atoms with van der Waals surface area (Å²) in [5.41, 5.74) is -2.15. The Morgan fingerprint density at radius 3 is 2.56 bits per heavy atom. The highest BCUT2D eigenvalue weighted by Gasteiger charge is 2.64. The Bertz CT molecular complexity index is 680. The summed E-state index contributed by atoms with van der Waals surface area (Å²) in [6, 6.07) is 4.96. The highest BCUT2D eigenvalue weighted by atomic mass is 35.5. The number of nitrogens with zero attached hydrogens (tertiary/aromatic N) is 1. The molecule has 138 valence electrons. The first kappa shape index (κ1) is 19.4. The van der Waals surface area contributed by atoms with Crippen LogP contribution in [0.2, 0.25) is 5.02 Å². The van der Waals surface area contributed by atoms with Crippen LogP contribution in [0.3, 0.4) is 0 Å². The average Bonchev–Trinajstić information content (AvgIpc) is 2.99. The molecule has 1 fully saturated rings. The molecule has 1 saturated heterocycles. The summed E-state index contributed by atoms with van der Waals surface area (Å²) in [6.45, 7) is -1.08. The van der Waals surface area contributed by atoms with Crippen LogP contribution in [0.5, 0.6) is 5.75 Å². The second-order valence-corrected chi connectivity index (χ2v) is 6.33. The minimum absolute atomic E-state index is 0.0315. The molecular formula is C16H17ClF3NO4. The van der Waals surface area contributed by atoms with E-state index in [1.807, 2.05) is 0 Å². The Hall–Kier alpha value is -1.96. The molecule has 1 aliphatic heterocycles. The lowest BCUT2D eigenvalue weighted by Crippen LogP contribution is -2.47. The topological polar surface area (TPSA) is 66.8 Å². The number of carbonyl (C=O) groups excluding carboxylic acids is 1. The second-order valence-electron chi connectivity index (χ2n) is 5.92. The van der Waals surface area contributed by atoms with Crippen molar-refractivity contribution in [1.29, 1.82) is 0 Å². The van der Waals surface area contributed by atoms with Crippen molar-refractivity contribution < 1.29 is 32.6 Å². The number of hydrogen-bond donors (Lipinski definition) is 1. The molecule has 9 heteroatoms. The third-order valence-corrected chi connectivity index (χ3v) is 4.71. The number of carbonyl (C=O) groups is 2. The van der Waals surface area contributed by atoms with E-state index >= 15 is 0 Å². The van der Waals surface area contributed by atoms with Crippen LogP contribution in [-0.4, -0.2) is 48.3 Å². The fraction of sp³-hybridized carbons (Fsp3) is 0.500. The zero-order valence-corrected chi connectivity index (χ0v) is 14.2. The molecule has 0 aliphatic carbocycles. The number of halogens is 4. The molecule has 0 aromatic heterocycles. The molecule has 1 aromatic rings. The molecule has 1 amide bonds. The van der Waals surface area contributed by atoms with Gasteiger partial charge in [-0.05, 0) is 30.5 Å². The highest BCUT2D eigenvalue weighted by molar-refractivity contribution is 6.32. The van der Waals surface area contributed by atoms with Crippen molar-refractivity contribution in [1.82, 2.24) is 4.90 Å². The molecule has 5 nitrogen and oxygen atoms in total. The maximum atomic E-state index is 13.1. The predicted octanol–water partition coefficient (Wildman–Crippen LogP) is 3.15. The van der Waals surface area contributed by atoms with Crippen molar-refractivity contribution in [2.45, 2.75) is 25.4 Å². The molecule has 1 aliphatic rings. The smallest absolute Gasteiger partial charge is 0.406 e. The summed E-state index contributed by atoms with van der Waals surface area (Å²) in [5, 5.41) is 9.37. The number of rotatable bonds is 5. The lowest BCUT2D eigenvalue weighted by Gasteiger charge is -2.27. The molecule has 0 spiro atoms. The van der Waals surface area contributed by atoms with Gasteiger partial charge < -0.3 is 14.7 Å². The van der Waals surface area contributed by atoms with Crippen molar-refractivity contribution in [3.8, 4) is 5.75 Å². The van der Waals surface area contributed by atoms with Crippen LogP contribution in [0.1, 0.15) is 18.4 Å². The maximum absolute atomic E-state index is 13.1. The number of aliphatic carboxylic acids is 1. The van der Waals surface area contributed by atoms with E-state index in [1.54, 1.807) is 18.2 Å². The van der Waals surface area contributed by atoms with Gasteiger partial charge in [-0.25, -0.2) is 0 Å². The zero-order valence-electron chi connectivity index (χ0n) is 13.4. The Morgan fingerprint density at radius 1 is 1.40 bits per heavy atom. The van der Waals surface area contributed by atoms with Crippen LogP contribution in [-0.2, 0) is 16.0 Å². The van der Waals surface area contributed by atoms with Gasteiger partial charge in [0.2, 0.25) is 5.91 Å². The molecule has 0 radical (unpaired) electrons. The number of amides is 1. The van der Waals surface area contributed by atoms with Crippen LogP contribution >= 0.6 is 11.6 Å². The third kappa shape index (κ3) is 3.84. The van der Waals surface area contributed by atoms with E-state index < -0.39 is 36.4 Å². The van der Waals surface area contributed by atoms with Gasteiger partial charge in [0.05, 0.1) is 12.1 Å². The summed E-state index contributed by atoms with van der Waals surface area (Å²) >= 11 is 5.98. The van der Waals surface area contributed by atoms with Gasteiger partial charge in [-0.15, -0.1) is 0 Å². The summed E-state index contributed by atoms with van der Waals surface area (Å²) in [5.74, 6) is -1.98. The van der Waals surface area contributed by atoms with Crippen LogP contribution < -0.4 is 4.74 Å². The first-order valence-corrected chi connectivity index (χ1v) is 7.89. The van der Waals surface area contributed by atoms with Crippen molar-refractivity contribution in [2.75, 3.05) is 20.2 Å². The fourth-order valence-electron chi connectivity index (χ4n) is 2.82. The molecule has 1 aromatic carbocycles. The normalized spacial score (nSPS) is 20.6. The van der Waals surface area contributed by atoms with E-state index in [0.29, 0.717) is 10.8 Å². The summed E-state index contributed by atoms with van der Waals surface area (Å²) < 4.78 is 44.4. The number of methoxy groups -OCH3 is 1. The molecule has 1 unspecified atom stereocenters. The molecule has 0 bridgehead atoms. The second kappa shape index (κ2) is 7.11. The monoisotopic (exact) mass is 379 g/mol.